The number of rotatable bonds is 11. The maximum atomic E-state index is 13.8. The molecule has 1 saturated heterocycles. The van der Waals surface area contributed by atoms with Crippen molar-refractivity contribution in [2.24, 2.45) is 5.92 Å². The minimum Gasteiger partial charge on any atom is -0.497 e. The summed E-state index contributed by atoms with van der Waals surface area (Å²) in [4.78, 5) is 41.1. The Morgan fingerprint density at radius 3 is 2.20 bits per heavy atom. The van der Waals surface area contributed by atoms with Crippen LogP contribution < -0.4 is 19.5 Å². The maximum absolute atomic E-state index is 13.8. The number of benzene rings is 3. The van der Waals surface area contributed by atoms with E-state index in [9.17, 15) is 19.5 Å². The Labute approximate surface area is 256 Å². The Hall–Kier alpha value is -4.57. The maximum Gasteiger partial charge on any atom is 0.335 e. The van der Waals surface area contributed by atoms with Crippen LogP contribution in [0.5, 0.6) is 17.2 Å². The number of aromatic carboxylic acids is 1. The highest BCUT2D eigenvalue weighted by atomic mass is 16.7. The number of carbonyl (C=O) groups is 3. The van der Waals surface area contributed by atoms with E-state index in [0.29, 0.717) is 42.3 Å². The van der Waals surface area contributed by atoms with E-state index in [-0.39, 0.29) is 43.3 Å². The lowest BCUT2D eigenvalue weighted by atomic mass is 9.82. The summed E-state index contributed by atoms with van der Waals surface area (Å²) >= 11 is 0. The summed E-state index contributed by atoms with van der Waals surface area (Å²) in [5.74, 6) is -0.568. The first-order chi connectivity index (χ1) is 21.3. The van der Waals surface area contributed by atoms with Gasteiger partial charge in [-0.15, -0.1) is 0 Å². The summed E-state index contributed by atoms with van der Waals surface area (Å²) in [6.45, 7) is 6.41. The second kappa shape index (κ2) is 13.4. The van der Waals surface area contributed by atoms with Crippen molar-refractivity contribution in [2.45, 2.75) is 45.6 Å². The zero-order chi connectivity index (χ0) is 31.4. The van der Waals surface area contributed by atoms with Crippen LogP contribution in [0.1, 0.15) is 65.3 Å². The molecule has 232 valence electrons. The fourth-order valence-electron chi connectivity index (χ4n) is 6.27. The molecule has 2 heterocycles. The summed E-state index contributed by atoms with van der Waals surface area (Å²) in [6, 6.07) is 15.9. The molecule has 0 aromatic heterocycles. The van der Waals surface area contributed by atoms with Gasteiger partial charge in [-0.3, -0.25) is 14.5 Å². The van der Waals surface area contributed by atoms with Crippen LogP contribution in [0.3, 0.4) is 0 Å². The zero-order valence-corrected chi connectivity index (χ0v) is 25.4. The SMILES string of the molecule is CCOC(=O)[C@@H]1[C@@H](c2ccc3c(c2)OCO3)CN(CC(=O)Nc2c(CC)cc(C(=O)O)cc2CC)[C@H]1c1ccc(OC)cc1. The highest BCUT2D eigenvalue weighted by Crippen LogP contribution is 2.48. The number of carboxylic acids is 1. The molecule has 44 heavy (non-hydrogen) atoms. The number of anilines is 1. The van der Waals surface area contributed by atoms with E-state index in [0.717, 1.165) is 22.3 Å². The second-order valence-corrected chi connectivity index (χ2v) is 10.9. The number of carbonyl (C=O) groups excluding carboxylic acids is 2. The van der Waals surface area contributed by atoms with Crippen molar-refractivity contribution in [2.75, 3.05) is 38.9 Å². The summed E-state index contributed by atoms with van der Waals surface area (Å²) in [5.41, 5.74) is 4.09. The number of hydrogen-bond donors (Lipinski definition) is 2. The molecule has 2 aliphatic heterocycles. The molecule has 1 amide bonds. The number of hydrogen-bond acceptors (Lipinski definition) is 8. The molecule has 10 heteroatoms. The van der Waals surface area contributed by atoms with E-state index in [1.165, 1.54) is 0 Å². The van der Waals surface area contributed by atoms with Crippen LogP contribution in [0.4, 0.5) is 5.69 Å². The summed E-state index contributed by atoms with van der Waals surface area (Å²) < 4.78 is 22.1. The van der Waals surface area contributed by atoms with Gasteiger partial charge in [0.05, 0.1) is 31.7 Å². The number of methoxy groups -OCH3 is 1. The first-order valence-corrected chi connectivity index (χ1v) is 14.9. The third-order valence-corrected chi connectivity index (χ3v) is 8.36. The number of carboxylic acid groups (broad SMARTS) is 1. The second-order valence-electron chi connectivity index (χ2n) is 10.9. The summed E-state index contributed by atoms with van der Waals surface area (Å²) in [6.07, 6.45) is 1.11. The lowest BCUT2D eigenvalue weighted by Gasteiger charge is -2.28. The Morgan fingerprint density at radius 2 is 1.59 bits per heavy atom. The van der Waals surface area contributed by atoms with E-state index in [4.69, 9.17) is 18.9 Å². The third-order valence-electron chi connectivity index (χ3n) is 8.36. The van der Waals surface area contributed by atoms with Crippen molar-refractivity contribution in [3.8, 4) is 17.2 Å². The van der Waals surface area contributed by atoms with E-state index < -0.39 is 17.9 Å². The number of ether oxygens (including phenoxy) is 4. The van der Waals surface area contributed by atoms with E-state index >= 15 is 0 Å². The van der Waals surface area contributed by atoms with Crippen molar-refractivity contribution in [3.05, 3.63) is 82.4 Å². The minimum absolute atomic E-state index is 0.000638. The largest absolute Gasteiger partial charge is 0.497 e. The van der Waals surface area contributed by atoms with Crippen LogP contribution in [-0.2, 0) is 27.2 Å². The number of nitrogens with zero attached hydrogens (tertiary/aromatic N) is 1. The lowest BCUT2D eigenvalue weighted by molar-refractivity contribution is -0.149. The molecule has 0 unspecified atom stereocenters. The Kier molecular flexibility index (Phi) is 9.39. The van der Waals surface area contributed by atoms with Crippen molar-refractivity contribution >= 4 is 23.5 Å². The Morgan fingerprint density at radius 1 is 0.932 bits per heavy atom. The number of esters is 1. The highest BCUT2D eigenvalue weighted by Gasteiger charge is 2.48. The van der Waals surface area contributed by atoms with Crippen LogP contribution in [0.2, 0.25) is 0 Å². The first-order valence-electron chi connectivity index (χ1n) is 14.9. The molecule has 0 saturated carbocycles. The first kappa shape index (κ1) is 30.9. The molecule has 0 spiro atoms. The van der Waals surface area contributed by atoms with Gasteiger partial charge in [0.1, 0.15) is 5.75 Å². The number of amides is 1. The molecular formula is C34H38N2O8. The molecule has 5 rings (SSSR count). The Bertz CT molecular complexity index is 1510. The van der Waals surface area contributed by atoms with Gasteiger partial charge in [-0.2, -0.15) is 0 Å². The standard InChI is InChI=1S/C34H38N2O8/c1-5-20-14-24(33(38)39)15-21(6-2)31(20)35-29(37)18-36-17-26(23-10-13-27-28(16-23)44-19-43-27)30(34(40)42-7-3)32(36)22-8-11-25(41-4)12-9-22/h8-16,26,30,32H,5-7,17-19H2,1-4H3,(H,35,37)(H,38,39)/t26-,30-,32+/m1/s1. The molecule has 2 aliphatic rings. The molecular weight excluding hydrogens is 564 g/mol. The number of likely N-dealkylation sites (tertiary alicyclic amines) is 1. The monoisotopic (exact) mass is 602 g/mol. The number of aryl methyl sites for hydroxylation is 2. The predicted octanol–water partition coefficient (Wildman–Crippen LogP) is 5.21. The molecule has 0 radical (unpaired) electrons. The number of nitrogens with one attached hydrogen (secondary N) is 1. The summed E-state index contributed by atoms with van der Waals surface area (Å²) in [7, 11) is 1.59. The topological polar surface area (TPSA) is 124 Å². The highest BCUT2D eigenvalue weighted by molar-refractivity contribution is 5.96. The normalized spacial score (nSPS) is 19.0. The molecule has 3 aromatic rings. The van der Waals surface area contributed by atoms with Crippen LogP contribution in [-0.4, -0.2) is 61.5 Å². The van der Waals surface area contributed by atoms with Crippen molar-refractivity contribution in [1.82, 2.24) is 4.90 Å². The molecule has 0 bridgehead atoms. The lowest BCUT2D eigenvalue weighted by Crippen LogP contribution is -2.35. The van der Waals surface area contributed by atoms with Gasteiger partial charge in [0.2, 0.25) is 12.7 Å². The van der Waals surface area contributed by atoms with Crippen LogP contribution in [0, 0.1) is 5.92 Å². The van der Waals surface area contributed by atoms with E-state index in [1.807, 2.05) is 61.2 Å². The molecule has 2 N–H and O–H groups in total. The fraction of sp³-hybridized carbons (Fsp3) is 0.382. The molecule has 3 aromatic carbocycles. The summed E-state index contributed by atoms with van der Waals surface area (Å²) in [5, 5.41) is 12.7. The van der Waals surface area contributed by atoms with E-state index in [1.54, 1.807) is 26.2 Å². The number of fused-ring (bicyclic) bond motifs is 1. The van der Waals surface area contributed by atoms with Crippen molar-refractivity contribution in [1.29, 1.82) is 0 Å². The van der Waals surface area contributed by atoms with Gasteiger partial charge < -0.3 is 29.4 Å². The van der Waals surface area contributed by atoms with Crippen molar-refractivity contribution in [3.63, 3.8) is 0 Å². The predicted molar refractivity (Wildman–Crippen MR) is 164 cm³/mol. The smallest absolute Gasteiger partial charge is 0.335 e. The Balaban J connectivity index is 1.51. The van der Waals surface area contributed by atoms with Crippen molar-refractivity contribution < 1.29 is 38.4 Å². The van der Waals surface area contributed by atoms with Gasteiger partial charge in [-0.25, -0.2) is 4.79 Å². The average Bonchev–Trinajstić information content (AvgIpc) is 3.65. The van der Waals surface area contributed by atoms with Gasteiger partial charge >= 0.3 is 11.9 Å². The quantitative estimate of drug-likeness (QED) is 0.285. The average molecular weight is 603 g/mol. The molecule has 1 fully saturated rings. The van der Waals surface area contributed by atoms with Gasteiger partial charge in [0.25, 0.3) is 0 Å². The van der Waals surface area contributed by atoms with Crippen LogP contribution in [0.25, 0.3) is 0 Å². The van der Waals surface area contributed by atoms with Gasteiger partial charge in [0, 0.05) is 24.2 Å². The van der Waals surface area contributed by atoms with E-state index in [2.05, 4.69) is 5.32 Å². The molecule has 0 aliphatic carbocycles. The zero-order valence-electron chi connectivity index (χ0n) is 25.4. The van der Waals surface area contributed by atoms with Gasteiger partial charge in [-0.1, -0.05) is 32.0 Å². The third kappa shape index (κ3) is 6.21. The molecule has 3 atom stereocenters. The van der Waals surface area contributed by atoms with Gasteiger partial charge in [-0.05, 0) is 78.4 Å². The minimum atomic E-state index is -1.01. The fourth-order valence-corrected chi connectivity index (χ4v) is 6.27. The molecule has 10 nitrogen and oxygen atoms in total. The van der Waals surface area contributed by atoms with Crippen LogP contribution in [0.15, 0.2) is 54.6 Å². The van der Waals surface area contributed by atoms with Crippen LogP contribution >= 0.6 is 0 Å². The van der Waals surface area contributed by atoms with Gasteiger partial charge in [0.15, 0.2) is 11.5 Å².